The molecule has 0 aromatic heterocycles. The molecule has 0 radical (unpaired) electrons. The fourth-order valence-corrected chi connectivity index (χ4v) is 1.12. The molecule has 74 valence electrons. The van der Waals surface area contributed by atoms with Gasteiger partial charge < -0.3 is 5.73 Å². The van der Waals surface area contributed by atoms with Crippen molar-refractivity contribution in [3.05, 3.63) is 40.7 Å². The number of primary amides is 1. The zero-order valence-electron chi connectivity index (χ0n) is 7.34. The minimum Gasteiger partial charge on any atom is -0.369 e. The Morgan fingerprint density at radius 1 is 1.57 bits per heavy atom. The predicted molar refractivity (Wildman–Crippen MR) is 54.3 cm³/mol. The van der Waals surface area contributed by atoms with Crippen molar-refractivity contribution in [2.45, 2.75) is 6.42 Å². The minimum absolute atomic E-state index is 0.118. The molecular weight excluding hydrogens is 205 g/mol. The quantitative estimate of drug-likeness (QED) is 0.823. The predicted octanol–water partition coefficient (Wildman–Crippen LogP) is 2.37. The smallest absolute Gasteiger partial charge is 0.221 e. The van der Waals surface area contributed by atoms with E-state index >= 15 is 0 Å². The van der Waals surface area contributed by atoms with Gasteiger partial charge in [-0.2, -0.15) is 0 Å². The van der Waals surface area contributed by atoms with Gasteiger partial charge >= 0.3 is 0 Å². The number of benzene rings is 1. The van der Waals surface area contributed by atoms with Crippen LogP contribution in [0.4, 0.5) is 4.39 Å². The second-order valence-electron chi connectivity index (χ2n) is 2.74. The maximum atomic E-state index is 12.7. The molecule has 0 aliphatic carbocycles. The molecule has 2 nitrogen and oxygen atoms in total. The van der Waals surface area contributed by atoms with Gasteiger partial charge in [-0.15, -0.1) is 0 Å². The molecule has 0 aliphatic rings. The first-order valence-electron chi connectivity index (χ1n) is 3.99. The molecule has 1 aromatic carbocycles. The molecule has 0 aliphatic heterocycles. The van der Waals surface area contributed by atoms with E-state index in [4.69, 9.17) is 17.3 Å². The second kappa shape index (κ2) is 4.77. The molecule has 0 heterocycles. The largest absolute Gasteiger partial charge is 0.369 e. The number of rotatable bonds is 3. The monoisotopic (exact) mass is 213 g/mol. The number of carbonyl (C=O) groups excluding carboxylic acids is 1. The third-order valence-corrected chi connectivity index (χ3v) is 1.92. The molecule has 0 saturated heterocycles. The zero-order chi connectivity index (χ0) is 10.6. The lowest BCUT2D eigenvalue weighted by Crippen LogP contribution is -2.07. The van der Waals surface area contributed by atoms with E-state index in [1.165, 1.54) is 18.2 Å². The summed E-state index contributed by atoms with van der Waals surface area (Å²) in [5, 5.41) is 0.437. The van der Waals surface area contributed by atoms with E-state index in [9.17, 15) is 9.18 Å². The van der Waals surface area contributed by atoms with Gasteiger partial charge in [-0.25, -0.2) is 4.39 Å². The standard InChI is InChI=1S/C10H9ClFNO/c11-9-5-4-8(12)6-7(9)2-1-3-10(13)14/h1-2,4-6H,3H2,(H2,13,14). The lowest BCUT2D eigenvalue weighted by atomic mass is 10.2. The van der Waals surface area contributed by atoms with Gasteiger partial charge in [0.2, 0.25) is 5.91 Å². The Kier molecular flexibility index (Phi) is 3.65. The first-order valence-corrected chi connectivity index (χ1v) is 4.37. The van der Waals surface area contributed by atoms with Crippen molar-refractivity contribution >= 4 is 23.6 Å². The molecule has 1 rings (SSSR count). The molecular formula is C10H9ClFNO. The average Bonchev–Trinajstić information content (AvgIpc) is 2.10. The summed E-state index contributed by atoms with van der Waals surface area (Å²) in [5.41, 5.74) is 5.46. The summed E-state index contributed by atoms with van der Waals surface area (Å²) < 4.78 is 12.7. The molecule has 0 unspecified atom stereocenters. The molecule has 0 spiro atoms. The summed E-state index contributed by atoms with van der Waals surface area (Å²) in [6.07, 6.45) is 3.23. The number of hydrogen-bond donors (Lipinski definition) is 1. The topological polar surface area (TPSA) is 43.1 Å². The van der Waals surface area contributed by atoms with Crippen LogP contribution in [0.15, 0.2) is 24.3 Å². The highest BCUT2D eigenvalue weighted by molar-refractivity contribution is 6.32. The van der Waals surface area contributed by atoms with Gasteiger partial charge in [0.25, 0.3) is 0 Å². The summed E-state index contributed by atoms with van der Waals surface area (Å²) in [7, 11) is 0. The number of halogens is 2. The van der Waals surface area contributed by atoms with Crippen LogP contribution in [0.5, 0.6) is 0 Å². The molecule has 0 atom stereocenters. The molecule has 0 fully saturated rings. The van der Waals surface area contributed by atoms with Crippen LogP contribution in [0.2, 0.25) is 5.02 Å². The van der Waals surface area contributed by atoms with Crippen molar-refractivity contribution in [1.29, 1.82) is 0 Å². The molecule has 4 heteroatoms. The highest BCUT2D eigenvalue weighted by atomic mass is 35.5. The molecule has 0 bridgehead atoms. The number of hydrogen-bond acceptors (Lipinski definition) is 1. The fourth-order valence-electron chi connectivity index (χ4n) is 0.944. The lowest BCUT2D eigenvalue weighted by molar-refractivity contribution is -0.117. The van der Waals surface area contributed by atoms with Crippen molar-refractivity contribution < 1.29 is 9.18 Å². The van der Waals surface area contributed by atoms with Crippen molar-refractivity contribution in [3.63, 3.8) is 0 Å². The maximum Gasteiger partial charge on any atom is 0.221 e. The van der Waals surface area contributed by atoms with E-state index < -0.39 is 5.91 Å². The first kappa shape index (κ1) is 10.7. The van der Waals surface area contributed by atoms with E-state index in [1.54, 1.807) is 12.2 Å². The van der Waals surface area contributed by atoms with Crippen LogP contribution >= 0.6 is 11.6 Å². The SMILES string of the molecule is NC(=O)CC=Cc1cc(F)ccc1Cl. The molecule has 2 N–H and O–H groups in total. The van der Waals surface area contributed by atoms with Gasteiger partial charge in [0.15, 0.2) is 0 Å². The van der Waals surface area contributed by atoms with Crippen LogP contribution in [0.25, 0.3) is 6.08 Å². The average molecular weight is 214 g/mol. The zero-order valence-corrected chi connectivity index (χ0v) is 8.09. The molecule has 0 saturated carbocycles. The van der Waals surface area contributed by atoms with Crippen molar-refractivity contribution in [1.82, 2.24) is 0 Å². The summed E-state index contributed by atoms with van der Waals surface area (Å²) in [5.74, 6) is -0.804. The Balaban J connectivity index is 2.80. The van der Waals surface area contributed by atoms with E-state index in [2.05, 4.69) is 0 Å². The maximum absolute atomic E-state index is 12.7. The third kappa shape index (κ3) is 3.18. The summed E-state index contributed by atoms with van der Waals surface area (Å²) in [4.78, 5) is 10.4. The van der Waals surface area contributed by atoms with Crippen molar-refractivity contribution in [3.8, 4) is 0 Å². The van der Waals surface area contributed by atoms with Gasteiger partial charge in [0, 0.05) is 11.4 Å². The Morgan fingerprint density at radius 2 is 2.29 bits per heavy atom. The van der Waals surface area contributed by atoms with E-state index in [-0.39, 0.29) is 12.2 Å². The third-order valence-electron chi connectivity index (χ3n) is 1.57. The Morgan fingerprint density at radius 3 is 2.93 bits per heavy atom. The molecule has 14 heavy (non-hydrogen) atoms. The van der Waals surface area contributed by atoms with Crippen LogP contribution in [-0.2, 0) is 4.79 Å². The van der Waals surface area contributed by atoms with Gasteiger partial charge in [0.1, 0.15) is 5.82 Å². The van der Waals surface area contributed by atoms with E-state index in [0.29, 0.717) is 10.6 Å². The first-order chi connectivity index (χ1) is 6.59. The normalized spacial score (nSPS) is 10.7. The van der Waals surface area contributed by atoms with Gasteiger partial charge in [-0.1, -0.05) is 23.8 Å². The van der Waals surface area contributed by atoms with Gasteiger partial charge in [-0.3, -0.25) is 4.79 Å². The fraction of sp³-hybridized carbons (Fsp3) is 0.100. The lowest BCUT2D eigenvalue weighted by Gasteiger charge is -1.97. The summed E-state index contributed by atoms with van der Waals surface area (Å²) in [6.45, 7) is 0. The second-order valence-corrected chi connectivity index (χ2v) is 3.15. The van der Waals surface area contributed by atoms with Crippen LogP contribution in [0.3, 0.4) is 0 Å². The van der Waals surface area contributed by atoms with E-state index in [0.717, 1.165) is 0 Å². The van der Waals surface area contributed by atoms with Crippen molar-refractivity contribution in [2.75, 3.05) is 0 Å². The Labute approximate surface area is 86.2 Å². The van der Waals surface area contributed by atoms with Crippen LogP contribution in [0, 0.1) is 5.82 Å². The highest BCUT2D eigenvalue weighted by Gasteiger charge is 1.98. The van der Waals surface area contributed by atoms with Gasteiger partial charge in [-0.05, 0) is 23.8 Å². The number of carbonyl (C=O) groups is 1. The van der Waals surface area contributed by atoms with E-state index in [1.807, 2.05) is 0 Å². The van der Waals surface area contributed by atoms with Crippen LogP contribution < -0.4 is 5.73 Å². The molecule has 1 aromatic rings. The Bertz CT molecular complexity index is 376. The van der Waals surface area contributed by atoms with Crippen LogP contribution in [0.1, 0.15) is 12.0 Å². The van der Waals surface area contributed by atoms with Crippen molar-refractivity contribution in [2.24, 2.45) is 5.73 Å². The Hall–Kier alpha value is -1.35. The minimum atomic E-state index is -0.436. The number of nitrogens with two attached hydrogens (primary N) is 1. The summed E-state index contributed by atoms with van der Waals surface area (Å²) in [6, 6.07) is 4.02. The van der Waals surface area contributed by atoms with Gasteiger partial charge in [0.05, 0.1) is 0 Å². The van der Waals surface area contributed by atoms with Crippen LogP contribution in [-0.4, -0.2) is 5.91 Å². The summed E-state index contributed by atoms with van der Waals surface area (Å²) >= 11 is 5.78. The molecule has 1 amide bonds. The highest BCUT2D eigenvalue weighted by Crippen LogP contribution is 2.18. The number of amides is 1.